The van der Waals surface area contributed by atoms with Crippen LogP contribution < -0.4 is 5.73 Å². The third-order valence-electron chi connectivity index (χ3n) is 7.89. The van der Waals surface area contributed by atoms with Crippen LogP contribution in [0.4, 0.5) is 14.6 Å². The Bertz CT molecular complexity index is 1610. The number of hydrogen-bond acceptors (Lipinski definition) is 7. The van der Waals surface area contributed by atoms with Crippen LogP contribution >= 0.6 is 0 Å². The zero-order valence-electron chi connectivity index (χ0n) is 21.1. The lowest BCUT2D eigenvalue weighted by molar-refractivity contribution is -0.138. The maximum absolute atomic E-state index is 14.3. The van der Waals surface area contributed by atoms with Gasteiger partial charge in [-0.05, 0) is 50.8 Å². The van der Waals surface area contributed by atoms with Gasteiger partial charge >= 0.3 is 0 Å². The molecule has 2 aliphatic heterocycles. The SMILES string of the molecule is CC(=O)c1c([C@H]2C[C@H]3CC[C@@H](C2)N3C(=O)CO)nc2c(-c3ccc(-c4ccc(F)cc4F)nc3)cnn2c1N. The first-order chi connectivity index (χ1) is 18.8. The average Bonchev–Trinajstić information content (AvgIpc) is 3.46. The Morgan fingerprint density at radius 1 is 1.08 bits per heavy atom. The number of nitrogens with zero attached hydrogens (tertiary/aromatic N) is 5. The van der Waals surface area contributed by atoms with Gasteiger partial charge < -0.3 is 15.7 Å². The Morgan fingerprint density at radius 3 is 2.44 bits per heavy atom. The summed E-state index contributed by atoms with van der Waals surface area (Å²) >= 11 is 0. The second-order valence-electron chi connectivity index (χ2n) is 10.2. The van der Waals surface area contributed by atoms with Crippen LogP contribution in [0, 0.1) is 11.6 Å². The van der Waals surface area contributed by atoms with Crippen molar-refractivity contribution in [2.75, 3.05) is 12.3 Å². The monoisotopic (exact) mass is 532 g/mol. The zero-order valence-corrected chi connectivity index (χ0v) is 21.1. The second kappa shape index (κ2) is 9.49. The number of ketones is 1. The smallest absolute Gasteiger partial charge is 0.248 e. The third-order valence-corrected chi connectivity index (χ3v) is 7.89. The van der Waals surface area contributed by atoms with Crippen molar-refractivity contribution >= 4 is 23.2 Å². The quantitative estimate of drug-likeness (QED) is 0.375. The predicted molar refractivity (Wildman–Crippen MR) is 139 cm³/mol. The molecule has 6 rings (SSSR count). The predicted octanol–water partition coefficient (Wildman–Crippen LogP) is 3.75. The summed E-state index contributed by atoms with van der Waals surface area (Å²) in [6, 6.07) is 6.66. The highest BCUT2D eigenvalue weighted by Gasteiger charge is 2.44. The lowest BCUT2D eigenvalue weighted by atomic mass is 9.85. The van der Waals surface area contributed by atoms with E-state index in [0.717, 1.165) is 18.9 Å². The van der Waals surface area contributed by atoms with Crippen molar-refractivity contribution in [2.24, 2.45) is 0 Å². The van der Waals surface area contributed by atoms with Crippen LogP contribution in [0.25, 0.3) is 28.0 Å². The summed E-state index contributed by atoms with van der Waals surface area (Å²) < 4.78 is 29.0. The molecule has 11 heteroatoms. The van der Waals surface area contributed by atoms with Gasteiger partial charge in [0.2, 0.25) is 5.91 Å². The molecular weight excluding hydrogens is 506 g/mol. The Hall–Kier alpha value is -4.25. The van der Waals surface area contributed by atoms with Crippen molar-refractivity contribution in [3.8, 4) is 22.4 Å². The summed E-state index contributed by atoms with van der Waals surface area (Å²) in [5, 5.41) is 13.8. The molecule has 0 spiro atoms. The van der Waals surface area contributed by atoms with E-state index in [2.05, 4.69) is 10.1 Å². The van der Waals surface area contributed by atoms with E-state index in [1.165, 1.54) is 23.6 Å². The molecule has 2 saturated heterocycles. The van der Waals surface area contributed by atoms with E-state index in [1.54, 1.807) is 29.4 Å². The summed E-state index contributed by atoms with van der Waals surface area (Å²) in [5.41, 5.74) is 9.66. The van der Waals surface area contributed by atoms with Gasteiger partial charge in [-0.15, -0.1) is 0 Å². The van der Waals surface area contributed by atoms with Crippen LogP contribution in [0.2, 0.25) is 0 Å². The van der Waals surface area contributed by atoms with Gasteiger partial charge in [0.25, 0.3) is 0 Å². The molecule has 200 valence electrons. The van der Waals surface area contributed by atoms with Crippen molar-refractivity contribution in [1.29, 1.82) is 0 Å². The fourth-order valence-electron chi connectivity index (χ4n) is 6.19. The molecule has 4 aromatic rings. The average molecular weight is 533 g/mol. The minimum absolute atomic E-state index is 0.0274. The molecule has 0 unspecified atom stereocenters. The highest BCUT2D eigenvalue weighted by Crippen LogP contribution is 2.44. The number of fused-ring (bicyclic) bond motifs is 3. The summed E-state index contributed by atoms with van der Waals surface area (Å²) in [6.07, 6.45) is 6.07. The Kier molecular flexibility index (Phi) is 6.10. The molecule has 2 bridgehead atoms. The van der Waals surface area contributed by atoms with Gasteiger partial charge in [0.15, 0.2) is 11.4 Å². The number of benzene rings is 1. The number of amides is 1. The summed E-state index contributed by atoms with van der Waals surface area (Å²) in [7, 11) is 0. The van der Waals surface area contributed by atoms with Crippen LogP contribution in [-0.2, 0) is 4.79 Å². The summed E-state index contributed by atoms with van der Waals surface area (Å²) in [4.78, 5) is 36.2. The normalized spacial score (nSPS) is 20.5. The fraction of sp³-hybridized carbons (Fsp3) is 0.321. The molecule has 0 saturated carbocycles. The first-order valence-electron chi connectivity index (χ1n) is 12.8. The molecule has 39 heavy (non-hydrogen) atoms. The van der Waals surface area contributed by atoms with Crippen LogP contribution in [0.3, 0.4) is 0 Å². The number of nitrogen functional groups attached to an aromatic ring is 1. The number of aliphatic hydroxyl groups excluding tert-OH is 1. The van der Waals surface area contributed by atoms with E-state index in [1.807, 2.05) is 0 Å². The van der Waals surface area contributed by atoms with E-state index in [9.17, 15) is 23.5 Å². The molecule has 1 amide bonds. The van der Waals surface area contributed by atoms with Gasteiger partial charge in [-0.3, -0.25) is 14.6 Å². The number of halogens is 2. The molecule has 0 radical (unpaired) electrons. The highest BCUT2D eigenvalue weighted by molar-refractivity contribution is 6.00. The number of nitrogens with two attached hydrogens (primary N) is 1. The van der Waals surface area contributed by atoms with Crippen LogP contribution in [0.5, 0.6) is 0 Å². The van der Waals surface area contributed by atoms with Crippen LogP contribution in [0.15, 0.2) is 42.7 Å². The van der Waals surface area contributed by atoms with E-state index >= 15 is 0 Å². The summed E-state index contributed by atoms with van der Waals surface area (Å²) in [6.45, 7) is 0.927. The van der Waals surface area contributed by atoms with E-state index in [-0.39, 0.29) is 41.1 Å². The fourth-order valence-corrected chi connectivity index (χ4v) is 6.19. The van der Waals surface area contributed by atoms with Crippen molar-refractivity contribution < 1.29 is 23.5 Å². The molecule has 3 aromatic heterocycles. The molecule has 5 heterocycles. The van der Waals surface area contributed by atoms with Crippen molar-refractivity contribution in [3.63, 3.8) is 0 Å². The zero-order chi connectivity index (χ0) is 27.4. The Labute approximate surface area is 222 Å². The van der Waals surface area contributed by atoms with Crippen molar-refractivity contribution in [3.05, 3.63) is 65.6 Å². The van der Waals surface area contributed by atoms with Gasteiger partial charge in [0, 0.05) is 47.0 Å². The molecule has 2 fully saturated rings. The van der Waals surface area contributed by atoms with Gasteiger partial charge in [-0.1, -0.05) is 6.07 Å². The molecule has 1 aromatic carbocycles. The van der Waals surface area contributed by atoms with Crippen LogP contribution in [-0.4, -0.2) is 60.0 Å². The lowest BCUT2D eigenvalue weighted by Gasteiger charge is -2.39. The Balaban J connectivity index is 1.40. The van der Waals surface area contributed by atoms with Gasteiger partial charge in [0.1, 0.15) is 24.1 Å². The van der Waals surface area contributed by atoms with Crippen molar-refractivity contribution in [2.45, 2.75) is 50.6 Å². The number of carbonyl (C=O) groups excluding carboxylic acids is 2. The van der Waals surface area contributed by atoms with E-state index in [0.29, 0.717) is 46.6 Å². The van der Waals surface area contributed by atoms with Gasteiger partial charge in [0.05, 0.1) is 23.1 Å². The Morgan fingerprint density at radius 2 is 1.82 bits per heavy atom. The second-order valence-corrected chi connectivity index (χ2v) is 10.2. The molecule has 2 aliphatic rings. The minimum Gasteiger partial charge on any atom is -0.387 e. The minimum atomic E-state index is -0.706. The maximum atomic E-state index is 14.3. The van der Waals surface area contributed by atoms with E-state index < -0.39 is 18.2 Å². The number of carbonyl (C=O) groups is 2. The first-order valence-corrected chi connectivity index (χ1v) is 12.8. The molecular formula is C28H26F2N6O3. The van der Waals surface area contributed by atoms with Gasteiger partial charge in [-0.2, -0.15) is 9.61 Å². The number of rotatable bonds is 5. The van der Waals surface area contributed by atoms with E-state index in [4.69, 9.17) is 10.7 Å². The van der Waals surface area contributed by atoms with Crippen LogP contribution in [0.1, 0.15) is 54.6 Å². The number of hydrogen-bond donors (Lipinski definition) is 2. The lowest BCUT2D eigenvalue weighted by Crippen LogP contribution is -2.47. The maximum Gasteiger partial charge on any atom is 0.248 e. The van der Waals surface area contributed by atoms with Gasteiger partial charge in [-0.25, -0.2) is 13.8 Å². The molecule has 9 nitrogen and oxygen atoms in total. The molecule has 0 aliphatic carbocycles. The standard InChI is InChI=1S/C28H26F2N6O3/c1-14(38)25-26(16-8-18-4-5-19(9-16)35(18)24(39)13-37)34-28-21(12-33-36(28)27(25)31)15-2-7-23(32-11-15)20-6-3-17(29)10-22(20)30/h2-3,6-7,10-12,16,18-19,37H,4-5,8-9,13,31H2,1H3/t16-,18+,19-. The number of aliphatic hydroxyl groups is 1. The number of pyridine rings is 1. The number of anilines is 1. The molecule has 3 N–H and O–H groups in total. The third kappa shape index (κ3) is 4.13. The van der Waals surface area contributed by atoms with Crippen molar-refractivity contribution in [1.82, 2.24) is 24.5 Å². The number of piperidine rings is 1. The number of aromatic nitrogens is 4. The topological polar surface area (TPSA) is 127 Å². The first kappa shape index (κ1) is 25.1. The summed E-state index contributed by atoms with van der Waals surface area (Å²) in [5.74, 6) is -1.77. The number of Topliss-reactive ketones (excluding diaryl/α,β-unsaturated/α-hetero) is 1. The molecule has 3 atom stereocenters. The highest BCUT2D eigenvalue weighted by atomic mass is 19.1. The largest absolute Gasteiger partial charge is 0.387 e.